The van der Waals surface area contributed by atoms with Crippen molar-refractivity contribution in [2.24, 2.45) is 0 Å². The van der Waals surface area contributed by atoms with Gasteiger partial charge in [0.25, 0.3) is 0 Å². The smallest absolute Gasteiger partial charge is 0.382 e. The Morgan fingerprint density at radius 1 is 1.11 bits per heavy atom. The topological polar surface area (TPSA) is 84.7 Å². The first-order valence-electron chi connectivity index (χ1n) is 7.80. The number of ketones is 1. The lowest BCUT2D eigenvalue weighted by Gasteiger charge is -2.06. The standard InChI is InChI=1S/C19H13F3N4O/c1-11-2-8-14(9-3-11)26-18(24)15(10-23)16(25-26)17(27)12-4-6-13(7-5-12)19(20,21)22/h2-9H,24H2,1H3. The van der Waals surface area contributed by atoms with Crippen molar-refractivity contribution in [3.05, 3.63) is 76.5 Å². The zero-order valence-corrected chi connectivity index (χ0v) is 14.1. The van der Waals surface area contributed by atoms with E-state index in [1.54, 1.807) is 12.1 Å². The Hall–Kier alpha value is -3.60. The number of rotatable bonds is 3. The van der Waals surface area contributed by atoms with Gasteiger partial charge in [0.05, 0.1) is 11.3 Å². The Kier molecular flexibility index (Phi) is 4.45. The van der Waals surface area contributed by atoms with E-state index in [9.17, 15) is 23.2 Å². The molecule has 3 rings (SSSR count). The lowest BCUT2D eigenvalue weighted by molar-refractivity contribution is -0.137. The molecule has 5 nitrogen and oxygen atoms in total. The lowest BCUT2D eigenvalue weighted by Crippen LogP contribution is -2.08. The number of nitrogens with two attached hydrogens (primary N) is 1. The van der Waals surface area contributed by atoms with Gasteiger partial charge in [-0.25, -0.2) is 4.68 Å². The number of hydrogen-bond acceptors (Lipinski definition) is 4. The van der Waals surface area contributed by atoms with Crippen LogP contribution in [0.25, 0.3) is 5.69 Å². The molecule has 8 heteroatoms. The summed E-state index contributed by atoms with van der Waals surface area (Å²) in [6.07, 6.45) is -4.50. The zero-order valence-electron chi connectivity index (χ0n) is 14.1. The Balaban J connectivity index is 2.04. The predicted molar refractivity (Wildman–Crippen MR) is 92.3 cm³/mol. The van der Waals surface area contributed by atoms with Crippen LogP contribution in [0.1, 0.15) is 32.7 Å². The Labute approximate surface area is 152 Å². The van der Waals surface area contributed by atoms with Crippen LogP contribution in [-0.4, -0.2) is 15.6 Å². The summed E-state index contributed by atoms with van der Waals surface area (Å²) < 4.78 is 39.3. The molecule has 0 saturated carbocycles. The van der Waals surface area contributed by atoms with E-state index in [1.807, 2.05) is 25.1 Å². The SMILES string of the molecule is Cc1ccc(-n2nc(C(=O)c3ccc(C(F)(F)F)cc3)c(C#N)c2N)cc1. The lowest BCUT2D eigenvalue weighted by atomic mass is 10.0. The maximum Gasteiger partial charge on any atom is 0.416 e. The highest BCUT2D eigenvalue weighted by Crippen LogP contribution is 2.30. The third kappa shape index (κ3) is 3.40. The van der Waals surface area contributed by atoms with E-state index in [1.165, 1.54) is 4.68 Å². The second kappa shape index (κ2) is 6.61. The molecule has 0 radical (unpaired) electrons. The van der Waals surface area contributed by atoms with Crippen molar-refractivity contribution in [1.82, 2.24) is 9.78 Å². The molecule has 0 bridgehead atoms. The number of aryl methyl sites for hydroxylation is 1. The summed E-state index contributed by atoms with van der Waals surface area (Å²) in [6, 6.07) is 12.6. The molecule has 0 unspecified atom stereocenters. The number of nitriles is 1. The van der Waals surface area contributed by atoms with Crippen LogP contribution in [0.2, 0.25) is 0 Å². The minimum Gasteiger partial charge on any atom is -0.382 e. The number of anilines is 1. The summed E-state index contributed by atoms with van der Waals surface area (Å²) in [4.78, 5) is 12.7. The predicted octanol–water partition coefficient (Wildman–Crippen LogP) is 3.88. The number of alkyl halides is 3. The van der Waals surface area contributed by atoms with Gasteiger partial charge in [-0.05, 0) is 31.2 Å². The number of carbonyl (C=O) groups is 1. The average molecular weight is 370 g/mol. The van der Waals surface area contributed by atoms with Crippen LogP contribution >= 0.6 is 0 Å². The Morgan fingerprint density at radius 2 is 1.70 bits per heavy atom. The Morgan fingerprint density at radius 3 is 2.22 bits per heavy atom. The van der Waals surface area contributed by atoms with Crippen LogP contribution in [-0.2, 0) is 6.18 Å². The van der Waals surface area contributed by atoms with E-state index in [2.05, 4.69) is 5.10 Å². The molecular formula is C19H13F3N4O. The minimum atomic E-state index is -4.50. The molecule has 0 aliphatic rings. The van der Waals surface area contributed by atoms with Crippen LogP contribution in [0.5, 0.6) is 0 Å². The number of benzene rings is 2. The van der Waals surface area contributed by atoms with E-state index < -0.39 is 17.5 Å². The monoisotopic (exact) mass is 370 g/mol. The molecule has 1 heterocycles. The minimum absolute atomic E-state index is 0.0170. The van der Waals surface area contributed by atoms with Crippen LogP contribution in [0.15, 0.2) is 48.5 Å². The van der Waals surface area contributed by atoms with Gasteiger partial charge in [0.15, 0.2) is 5.69 Å². The summed E-state index contributed by atoms with van der Waals surface area (Å²) >= 11 is 0. The first kappa shape index (κ1) is 18.2. The second-order valence-corrected chi connectivity index (χ2v) is 5.87. The van der Waals surface area contributed by atoms with Gasteiger partial charge in [-0.15, -0.1) is 0 Å². The van der Waals surface area contributed by atoms with Gasteiger partial charge < -0.3 is 5.73 Å². The summed E-state index contributed by atoms with van der Waals surface area (Å²) in [5.41, 5.74) is 6.29. The third-order valence-corrected chi connectivity index (χ3v) is 4.00. The molecule has 0 aliphatic heterocycles. The van der Waals surface area contributed by atoms with E-state index >= 15 is 0 Å². The number of carbonyl (C=O) groups excluding carboxylic acids is 1. The summed E-state index contributed by atoms with van der Waals surface area (Å²) in [6.45, 7) is 1.90. The highest BCUT2D eigenvalue weighted by Gasteiger charge is 2.31. The zero-order chi connectivity index (χ0) is 19.8. The highest BCUT2D eigenvalue weighted by atomic mass is 19.4. The molecule has 2 aromatic carbocycles. The van der Waals surface area contributed by atoms with E-state index in [0.717, 1.165) is 29.8 Å². The van der Waals surface area contributed by atoms with E-state index in [4.69, 9.17) is 5.73 Å². The maximum atomic E-state index is 12.7. The number of aromatic nitrogens is 2. The molecule has 3 aromatic rings. The maximum absolute atomic E-state index is 12.7. The molecule has 136 valence electrons. The fourth-order valence-corrected chi connectivity index (χ4v) is 2.53. The molecule has 1 aromatic heterocycles. The molecule has 0 amide bonds. The highest BCUT2D eigenvalue weighted by molar-refractivity contribution is 6.09. The van der Waals surface area contributed by atoms with Gasteiger partial charge in [-0.3, -0.25) is 4.79 Å². The van der Waals surface area contributed by atoms with Crippen molar-refractivity contribution in [3.8, 4) is 11.8 Å². The van der Waals surface area contributed by atoms with Crippen LogP contribution in [0.4, 0.5) is 19.0 Å². The molecule has 0 saturated heterocycles. The Bertz CT molecular complexity index is 1040. The van der Waals surface area contributed by atoms with Gasteiger partial charge in [-0.1, -0.05) is 29.8 Å². The van der Waals surface area contributed by atoms with Crippen molar-refractivity contribution < 1.29 is 18.0 Å². The van der Waals surface area contributed by atoms with Gasteiger partial charge >= 0.3 is 6.18 Å². The number of nitrogens with zero attached hydrogens (tertiary/aromatic N) is 3. The van der Waals surface area contributed by atoms with Gasteiger partial charge in [-0.2, -0.15) is 23.5 Å². The molecule has 0 aliphatic carbocycles. The molecular weight excluding hydrogens is 357 g/mol. The van der Waals surface area contributed by atoms with Crippen molar-refractivity contribution in [2.75, 3.05) is 5.73 Å². The fraction of sp³-hybridized carbons (Fsp3) is 0.105. The number of hydrogen-bond donors (Lipinski definition) is 1. The first-order valence-corrected chi connectivity index (χ1v) is 7.80. The fourth-order valence-electron chi connectivity index (χ4n) is 2.53. The molecule has 0 atom stereocenters. The van der Waals surface area contributed by atoms with Gasteiger partial charge in [0.2, 0.25) is 5.78 Å². The average Bonchev–Trinajstić information content (AvgIpc) is 2.97. The van der Waals surface area contributed by atoms with Crippen molar-refractivity contribution in [3.63, 3.8) is 0 Å². The largest absolute Gasteiger partial charge is 0.416 e. The normalized spacial score (nSPS) is 11.2. The summed E-state index contributed by atoms with van der Waals surface area (Å²) in [5.74, 6) is -0.700. The van der Waals surface area contributed by atoms with Crippen LogP contribution in [0.3, 0.4) is 0 Å². The third-order valence-electron chi connectivity index (χ3n) is 4.00. The van der Waals surface area contributed by atoms with Crippen molar-refractivity contribution in [2.45, 2.75) is 13.1 Å². The molecule has 0 fully saturated rings. The van der Waals surface area contributed by atoms with Gasteiger partial charge in [0, 0.05) is 5.56 Å². The van der Waals surface area contributed by atoms with Crippen LogP contribution in [0, 0.1) is 18.3 Å². The molecule has 0 spiro atoms. The van der Waals surface area contributed by atoms with Crippen molar-refractivity contribution in [1.29, 1.82) is 5.26 Å². The summed E-state index contributed by atoms with van der Waals surface area (Å²) in [5, 5.41) is 13.5. The first-order chi connectivity index (χ1) is 12.7. The number of nitrogen functional groups attached to an aromatic ring is 1. The quantitative estimate of drug-likeness (QED) is 0.709. The molecule has 2 N–H and O–H groups in total. The second-order valence-electron chi connectivity index (χ2n) is 5.87. The molecule has 27 heavy (non-hydrogen) atoms. The van der Waals surface area contributed by atoms with E-state index in [0.29, 0.717) is 5.69 Å². The van der Waals surface area contributed by atoms with Crippen molar-refractivity contribution >= 4 is 11.6 Å². The van der Waals surface area contributed by atoms with E-state index in [-0.39, 0.29) is 22.6 Å². The van der Waals surface area contributed by atoms with Crippen LogP contribution < -0.4 is 5.73 Å². The van der Waals surface area contributed by atoms with Gasteiger partial charge in [0.1, 0.15) is 17.5 Å². The summed E-state index contributed by atoms with van der Waals surface area (Å²) in [7, 11) is 0. The number of halogens is 3.